The Morgan fingerprint density at radius 1 is 1.28 bits per heavy atom. The molecule has 19 heteroatoms. The third-order valence-corrected chi connectivity index (χ3v) is 9.92. The number of thiazole rings is 1. The first-order valence-corrected chi connectivity index (χ1v) is 15.8. The van der Waals surface area contributed by atoms with Crippen LogP contribution in [0.2, 0.25) is 0 Å². The minimum Gasteiger partial charge on any atom is -0.543 e. The van der Waals surface area contributed by atoms with E-state index in [2.05, 4.69) is 30.1 Å². The van der Waals surface area contributed by atoms with Gasteiger partial charge in [0.25, 0.3) is 11.8 Å². The van der Waals surface area contributed by atoms with E-state index in [-0.39, 0.29) is 53.0 Å². The Morgan fingerprint density at radius 2 is 2.02 bits per heavy atom. The van der Waals surface area contributed by atoms with Crippen molar-refractivity contribution in [3.8, 4) is 11.3 Å². The van der Waals surface area contributed by atoms with E-state index in [4.69, 9.17) is 4.84 Å². The summed E-state index contributed by atoms with van der Waals surface area (Å²) < 4.78 is 6.57. The number of carboxylic acid groups (broad SMARTS) is 1. The largest absolute Gasteiger partial charge is 0.543 e. The molecule has 0 aliphatic carbocycles. The Labute approximate surface area is 267 Å². The van der Waals surface area contributed by atoms with Gasteiger partial charge in [-0.15, -0.1) is 35.5 Å². The van der Waals surface area contributed by atoms with Gasteiger partial charge in [0.2, 0.25) is 22.6 Å². The molecule has 0 radical (unpaired) electrons. The smallest absolute Gasteiger partial charge is 0.278 e. The normalized spacial score (nSPS) is 17.9. The summed E-state index contributed by atoms with van der Waals surface area (Å²) in [6.07, 6.45) is 3.81. The number of nitrogens with one attached hydrogen (secondary N) is 2. The van der Waals surface area contributed by atoms with Gasteiger partial charge < -0.3 is 25.4 Å². The molecule has 3 aromatic heterocycles. The average molecular weight is 683 g/mol. The fraction of sp³-hybridized carbons (Fsp3) is 0.292. The van der Waals surface area contributed by atoms with E-state index in [9.17, 15) is 24.3 Å². The summed E-state index contributed by atoms with van der Waals surface area (Å²) in [4.78, 5) is 65.1. The average Bonchev–Trinajstić information content (AvgIpc) is 3.61. The highest BCUT2D eigenvalue weighted by Crippen LogP contribution is 2.45. The number of rotatable bonds is 10. The van der Waals surface area contributed by atoms with Crippen molar-refractivity contribution >= 4 is 93.3 Å². The van der Waals surface area contributed by atoms with Crippen LogP contribution in [0.1, 0.15) is 19.7 Å². The molecule has 43 heavy (non-hydrogen) atoms. The van der Waals surface area contributed by atoms with Crippen molar-refractivity contribution in [2.75, 3.05) is 17.7 Å². The quantitative estimate of drug-likeness (QED) is 0.133. The van der Waals surface area contributed by atoms with Crippen molar-refractivity contribution in [1.82, 2.24) is 24.6 Å². The van der Waals surface area contributed by atoms with E-state index in [1.165, 1.54) is 41.8 Å². The highest BCUT2D eigenvalue weighted by atomic mass is 35.5. The molecule has 2 aliphatic rings. The molecule has 0 aromatic carbocycles. The highest BCUT2D eigenvalue weighted by molar-refractivity contribution is 8.07. The van der Waals surface area contributed by atoms with Crippen LogP contribution >= 0.6 is 58.8 Å². The second-order valence-corrected chi connectivity index (χ2v) is 12.8. The van der Waals surface area contributed by atoms with E-state index in [0.717, 1.165) is 27.7 Å². The molecule has 3 aromatic rings. The number of halogens is 1. The van der Waals surface area contributed by atoms with Crippen molar-refractivity contribution in [2.45, 2.75) is 29.6 Å². The van der Waals surface area contributed by atoms with Gasteiger partial charge in [-0.1, -0.05) is 16.9 Å². The molecule has 1 saturated heterocycles. The molecule has 0 saturated carbocycles. The molecule has 5 heterocycles. The zero-order valence-corrected chi connectivity index (χ0v) is 26.7. The van der Waals surface area contributed by atoms with Crippen LogP contribution in [-0.2, 0) is 31.1 Å². The summed E-state index contributed by atoms with van der Waals surface area (Å²) in [5.74, 6) is -3.11. The summed E-state index contributed by atoms with van der Waals surface area (Å²) in [7, 11) is 1.91. The van der Waals surface area contributed by atoms with Gasteiger partial charge in [0.15, 0.2) is 16.7 Å². The third kappa shape index (κ3) is 6.98. The lowest BCUT2D eigenvalue weighted by Gasteiger charge is -2.50. The fourth-order valence-corrected chi connectivity index (χ4v) is 7.99. The molecule has 0 bridgehead atoms. The number of aromatic nitrogens is 4. The number of carboxylic acids is 1. The van der Waals surface area contributed by atoms with Gasteiger partial charge in [-0.2, -0.15) is 9.36 Å². The fourth-order valence-electron chi connectivity index (χ4n) is 3.92. The zero-order valence-electron chi connectivity index (χ0n) is 22.6. The van der Waals surface area contributed by atoms with Crippen LogP contribution in [0.5, 0.6) is 0 Å². The Morgan fingerprint density at radius 3 is 2.70 bits per heavy atom. The molecular weight excluding hydrogens is 660 g/mol. The SMILES string of the molecule is CCO/N=C(\C(=O)N[C@@H]1C(=O)N2C(C(=O)[O-])=C(Sc3nc(-c4cc[n+](C)cc4)cs3)CS[C@H]12)c1nsc(NC(C)=O)n1.Cl. The molecule has 14 nitrogen and oxygen atoms in total. The lowest BCUT2D eigenvalue weighted by Crippen LogP contribution is -2.71. The van der Waals surface area contributed by atoms with Gasteiger partial charge >= 0.3 is 0 Å². The van der Waals surface area contributed by atoms with Crippen molar-refractivity contribution in [3.63, 3.8) is 0 Å². The van der Waals surface area contributed by atoms with Crippen LogP contribution in [0.4, 0.5) is 5.13 Å². The van der Waals surface area contributed by atoms with Crippen molar-refractivity contribution in [2.24, 2.45) is 12.2 Å². The Bertz CT molecular complexity index is 1630. The highest BCUT2D eigenvalue weighted by Gasteiger charge is 2.53. The minimum absolute atomic E-state index is 0. The van der Waals surface area contributed by atoms with Crippen LogP contribution in [0, 0.1) is 0 Å². The van der Waals surface area contributed by atoms with Gasteiger partial charge in [-0.05, 0) is 6.92 Å². The van der Waals surface area contributed by atoms with Crippen LogP contribution < -0.4 is 20.3 Å². The second-order valence-electron chi connectivity index (χ2n) is 8.74. The number of carbonyl (C=O) groups excluding carboxylic acids is 4. The summed E-state index contributed by atoms with van der Waals surface area (Å²) in [5.41, 5.74) is 1.14. The lowest BCUT2D eigenvalue weighted by atomic mass is 10.0. The number of aliphatic carboxylic acids is 1. The van der Waals surface area contributed by atoms with E-state index in [1.807, 2.05) is 41.5 Å². The number of anilines is 1. The predicted octanol–water partition coefficient (Wildman–Crippen LogP) is 0.761. The van der Waals surface area contributed by atoms with Gasteiger partial charge in [0.1, 0.15) is 25.1 Å². The summed E-state index contributed by atoms with van der Waals surface area (Å²) >= 11 is 4.69. The lowest BCUT2D eigenvalue weighted by molar-refractivity contribution is -0.671. The van der Waals surface area contributed by atoms with Gasteiger partial charge in [-0.25, -0.2) is 9.55 Å². The number of pyridine rings is 1. The molecule has 0 unspecified atom stereocenters. The first-order valence-electron chi connectivity index (χ1n) is 12.3. The number of carbonyl (C=O) groups is 4. The Balaban J connectivity index is 0.00000423. The Kier molecular flexibility index (Phi) is 10.4. The summed E-state index contributed by atoms with van der Waals surface area (Å²) in [6.45, 7) is 3.12. The van der Waals surface area contributed by atoms with Crippen LogP contribution in [0.25, 0.3) is 11.3 Å². The number of hydrogen-bond acceptors (Lipinski definition) is 14. The molecule has 226 valence electrons. The predicted molar refractivity (Wildman–Crippen MR) is 161 cm³/mol. The Hall–Kier alpha value is -3.58. The number of nitrogens with zero attached hydrogens (tertiary/aromatic N) is 6. The maximum Gasteiger partial charge on any atom is 0.278 e. The minimum atomic E-state index is -1.50. The van der Waals surface area contributed by atoms with E-state index < -0.39 is 29.2 Å². The van der Waals surface area contributed by atoms with E-state index in [1.54, 1.807) is 6.92 Å². The van der Waals surface area contributed by atoms with Crippen molar-refractivity contribution in [3.05, 3.63) is 46.3 Å². The van der Waals surface area contributed by atoms with Crippen molar-refractivity contribution in [1.29, 1.82) is 0 Å². The summed E-state index contributed by atoms with van der Waals surface area (Å²) in [6, 6.07) is 2.83. The van der Waals surface area contributed by atoms with Gasteiger partial charge in [0.05, 0.1) is 17.4 Å². The monoisotopic (exact) mass is 682 g/mol. The first-order chi connectivity index (χ1) is 20.2. The van der Waals surface area contributed by atoms with E-state index >= 15 is 0 Å². The topological polar surface area (TPSA) is 183 Å². The van der Waals surface area contributed by atoms with Crippen LogP contribution in [-0.4, -0.2) is 72.4 Å². The molecule has 0 spiro atoms. The van der Waals surface area contributed by atoms with Gasteiger partial charge in [0, 0.05) is 52.2 Å². The van der Waals surface area contributed by atoms with E-state index in [0.29, 0.717) is 9.24 Å². The number of fused-ring (bicyclic) bond motifs is 1. The molecule has 1 fully saturated rings. The van der Waals surface area contributed by atoms with Crippen LogP contribution in [0.15, 0.2) is 50.0 Å². The number of thioether (sulfide) groups is 2. The summed E-state index contributed by atoms with van der Waals surface area (Å²) in [5, 5.41) is 22.4. The molecular formula is C24H23ClN8O6S4. The molecule has 2 N–H and O–H groups in total. The number of hydrogen-bond donors (Lipinski definition) is 2. The van der Waals surface area contributed by atoms with Crippen LogP contribution in [0.3, 0.4) is 0 Å². The zero-order chi connectivity index (χ0) is 30.0. The molecule has 2 aliphatic heterocycles. The molecule has 5 rings (SSSR count). The number of aryl methyl sites for hydroxylation is 1. The second kappa shape index (κ2) is 13.8. The maximum atomic E-state index is 13.2. The maximum absolute atomic E-state index is 13.2. The molecule has 2 atom stereocenters. The number of amides is 3. The number of β-lactam (4-membered cyclic amide) rings is 1. The van der Waals surface area contributed by atoms with Gasteiger partial charge in [-0.3, -0.25) is 19.3 Å². The third-order valence-electron chi connectivity index (χ3n) is 5.80. The van der Waals surface area contributed by atoms with Crippen molar-refractivity contribution < 1.29 is 33.7 Å². The number of oxime groups is 1. The molecule has 3 amide bonds. The first kappa shape index (κ1) is 32.3. The standard InChI is InChI=1S/C24H22N8O6S4.ClH/c1-4-38-29-15(18-28-23(42-30-18)25-11(2)33)19(34)27-16-20(35)32-17(22(36)37)14(10-39-21(16)32)41-24-26-13(9-40-24)12-5-7-31(3)8-6-12;/h5-9,16,21H,4,10H2,1-3H3,(H2-,25,27,28,30,33,34,36,37);1H/b29-15-;/t16-,21-;/m1./s1.